The van der Waals surface area contributed by atoms with Crippen molar-refractivity contribution in [3.05, 3.63) is 23.2 Å². The highest BCUT2D eigenvalue weighted by Crippen LogP contribution is 2.29. The van der Waals surface area contributed by atoms with Gasteiger partial charge >= 0.3 is 0 Å². The Morgan fingerprint density at radius 3 is 2.83 bits per heavy atom. The van der Waals surface area contributed by atoms with Crippen molar-refractivity contribution in [2.45, 2.75) is 4.90 Å². The molecule has 1 rings (SSSR count). The minimum absolute atomic E-state index is 0.543. The van der Waals surface area contributed by atoms with Crippen molar-refractivity contribution in [2.75, 3.05) is 7.11 Å². The van der Waals surface area contributed by atoms with Gasteiger partial charge in [0.1, 0.15) is 11.2 Å². The normalized spacial score (nSPS) is 9.08. The molecule has 62 valence electrons. The smallest absolute Gasteiger partial charge is 0.138 e. The van der Waals surface area contributed by atoms with Gasteiger partial charge in [0, 0.05) is 4.90 Å². The SMILES string of the molecule is COc1ccc(SC#N)c(Cl)c1. The lowest BCUT2D eigenvalue weighted by Crippen LogP contribution is -1.82. The molecule has 1 aromatic carbocycles. The van der Waals surface area contributed by atoms with Gasteiger partial charge in [-0.05, 0) is 30.0 Å². The molecule has 0 aromatic heterocycles. The molecule has 0 aliphatic carbocycles. The molecule has 0 atom stereocenters. The third-order valence-electron chi connectivity index (χ3n) is 1.29. The Balaban J connectivity index is 2.97. The van der Waals surface area contributed by atoms with Gasteiger partial charge in [0.25, 0.3) is 0 Å². The van der Waals surface area contributed by atoms with Gasteiger partial charge in [-0.3, -0.25) is 0 Å². The van der Waals surface area contributed by atoms with Crippen LogP contribution >= 0.6 is 23.4 Å². The molecule has 0 fully saturated rings. The van der Waals surface area contributed by atoms with Crippen molar-refractivity contribution in [3.63, 3.8) is 0 Å². The summed E-state index contributed by atoms with van der Waals surface area (Å²) in [4.78, 5) is 0.750. The average molecular weight is 200 g/mol. The lowest BCUT2D eigenvalue weighted by molar-refractivity contribution is 0.414. The zero-order valence-electron chi connectivity index (χ0n) is 6.37. The summed E-state index contributed by atoms with van der Waals surface area (Å²) in [5.41, 5.74) is 0. The number of methoxy groups -OCH3 is 1. The van der Waals surface area contributed by atoms with Crippen molar-refractivity contribution in [2.24, 2.45) is 0 Å². The zero-order valence-corrected chi connectivity index (χ0v) is 7.95. The molecule has 0 bridgehead atoms. The fourth-order valence-electron chi connectivity index (χ4n) is 0.740. The van der Waals surface area contributed by atoms with E-state index in [0.717, 1.165) is 16.7 Å². The molecule has 0 heterocycles. The average Bonchev–Trinajstić information content (AvgIpc) is 2.09. The monoisotopic (exact) mass is 199 g/mol. The number of nitriles is 1. The van der Waals surface area contributed by atoms with Gasteiger partial charge in [0.15, 0.2) is 0 Å². The third kappa shape index (κ3) is 2.07. The van der Waals surface area contributed by atoms with Gasteiger partial charge < -0.3 is 4.74 Å². The maximum atomic E-state index is 8.39. The van der Waals surface area contributed by atoms with Gasteiger partial charge in [0.2, 0.25) is 0 Å². The number of nitrogens with zero attached hydrogens (tertiary/aromatic N) is 1. The number of halogens is 1. The van der Waals surface area contributed by atoms with Crippen molar-refractivity contribution in [1.82, 2.24) is 0 Å². The second kappa shape index (κ2) is 4.24. The molecular formula is C8H6ClNOS. The van der Waals surface area contributed by atoms with E-state index in [1.807, 2.05) is 5.40 Å². The zero-order chi connectivity index (χ0) is 8.97. The van der Waals surface area contributed by atoms with Crippen LogP contribution in [0.15, 0.2) is 23.1 Å². The Morgan fingerprint density at radius 2 is 2.33 bits per heavy atom. The molecular weight excluding hydrogens is 194 g/mol. The van der Waals surface area contributed by atoms with Crippen LogP contribution in [-0.2, 0) is 0 Å². The molecule has 4 heteroatoms. The summed E-state index contributed by atoms with van der Waals surface area (Å²) in [7, 11) is 1.57. The number of ether oxygens (including phenoxy) is 1. The first-order valence-corrected chi connectivity index (χ1v) is 4.37. The summed E-state index contributed by atoms with van der Waals surface area (Å²) in [5, 5.41) is 10.9. The maximum Gasteiger partial charge on any atom is 0.138 e. The van der Waals surface area contributed by atoms with E-state index in [0.29, 0.717) is 10.8 Å². The number of hydrogen-bond donors (Lipinski definition) is 0. The Labute approximate surface area is 80.1 Å². The highest BCUT2D eigenvalue weighted by atomic mass is 35.5. The van der Waals surface area contributed by atoms with Crippen LogP contribution in [0.1, 0.15) is 0 Å². The number of thioether (sulfide) groups is 1. The highest BCUT2D eigenvalue weighted by Gasteiger charge is 2.01. The lowest BCUT2D eigenvalue weighted by Gasteiger charge is -2.01. The predicted molar refractivity (Wildman–Crippen MR) is 49.5 cm³/mol. The van der Waals surface area contributed by atoms with Crippen molar-refractivity contribution >= 4 is 23.4 Å². The molecule has 0 aliphatic heterocycles. The van der Waals surface area contributed by atoms with Crippen LogP contribution in [-0.4, -0.2) is 7.11 Å². The van der Waals surface area contributed by atoms with Gasteiger partial charge in [0.05, 0.1) is 12.1 Å². The minimum atomic E-state index is 0.543. The van der Waals surface area contributed by atoms with E-state index in [-0.39, 0.29) is 0 Å². The first-order chi connectivity index (χ1) is 5.77. The molecule has 12 heavy (non-hydrogen) atoms. The van der Waals surface area contributed by atoms with E-state index in [9.17, 15) is 0 Å². The van der Waals surface area contributed by atoms with Crippen molar-refractivity contribution < 1.29 is 4.74 Å². The van der Waals surface area contributed by atoms with Crippen molar-refractivity contribution in [1.29, 1.82) is 5.26 Å². The molecule has 0 saturated heterocycles. The summed E-state index contributed by atoms with van der Waals surface area (Å²) in [6, 6.07) is 5.21. The largest absolute Gasteiger partial charge is 0.497 e. The van der Waals surface area contributed by atoms with Crippen LogP contribution < -0.4 is 4.74 Å². The van der Waals surface area contributed by atoms with Gasteiger partial charge in [-0.25, -0.2) is 0 Å². The van der Waals surface area contributed by atoms with E-state index in [1.54, 1.807) is 25.3 Å². The summed E-state index contributed by atoms with van der Waals surface area (Å²) in [5.74, 6) is 0.697. The summed E-state index contributed by atoms with van der Waals surface area (Å²) < 4.78 is 4.95. The molecule has 0 amide bonds. The number of hydrogen-bond acceptors (Lipinski definition) is 3. The molecule has 0 saturated carbocycles. The Hall–Kier alpha value is -0.850. The first-order valence-electron chi connectivity index (χ1n) is 3.17. The van der Waals surface area contributed by atoms with Gasteiger partial charge in [-0.1, -0.05) is 11.6 Å². The van der Waals surface area contributed by atoms with Crippen LogP contribution in [0.2, 0.25) is 5.02 Å². The Bertz CT molecular complexity index is 321. The van der Waals surface area contributed by atoms with E-state index < -0.39 is 0 Å². The maximum absolute atomic E-state index is 8.39. The molecule has 0 unspecified atom stereocenters. The van der Waals surface area contributed by atoms with Crippen LogP contribution in [0.3, 0.4) is 0 Å². The summed E-state index contributed by atoms with van der Waals surface area (Å²) in [6.45, 7) is 0. The lowest BCUT2D eigenvalue weighted by atomic mass is 10.3. The molecule has 0 radical (unpaired) electrons. The fourth-order valence-corrected chi connectivity index (χ4v) is 1.42. The third-order valence-corrected chi connectivity index (χ3v) is 2.39. The quantitative estimate of drug-likeness (QED) is 0.543. The minimum Gasteiger partial charge on any atom is -0.497 e. The predicted octanol–water partition coefficient (Wildman–Crippen LogP) is 2.92. The Kier molecular flexibility index (Phi) is 3.27. The summed E-state index contributed by atoms with van der Waals surface area (Å²) in [6.07, 6.45) is 0. The Morgan fingerprint density at radius 1 is 1.58 bits per heavy atom. The number of rotatable bonds is 2. The molecule has 2 nitrogen and oxygen atoms in total. The van der Waals surface area contributed by atoms with E-state index in [4.69, 9.17) is 21.6 Å². The topological polar surface area (TPSA) is 33.0 Å². The van der Waals surface area contributed by atoms with Gasteiger partial charge in [-0.15, -0.1) is 0 Å². The standard InChI is InChI=1S/C8H6ClNOS/c1-11-6-2-3-8(12-5-10)7(9)4-6/h2-4H,1H3. The van der Waals surface area contributed by atoms with Crippen LogP contribution in [0.25, 0.3) is 0 Å². The van der Waals surface area contributed by atoms with Crippen LogP contribution in [0.4, 0.5) is 0 Å². The van der Waals surface area contributed by atoms with E-state index >= 15 is 0 Å². The molecule has 0 aliphatic rings. The number of thiocyanates is 1. The van der Waals surface area contributed by atoms with Gasteiger partial charge in [-0.2, -0.15) is 5.26 Å². The second-order valence-electron chi connectivity index (χ2n) is 1.99. The second-order valence-corrected chi connectivity index (χ2v) is 3.22. The van der Waals surface area contributed by atoms with Crippen LogP contribution in [0, 0.1) is 10.7 Å². The molecule has 0 N–H and O–H groups in total. The highest BCUT2D eigenvalue weighted by molar-refractivity contribution is 8.03. The molecule has 1 aromatic rings. The number of benzene rings is 1. The fraction of sp³-hybridized carbons (Fsp3) is 0.125. The van der Waals surface area contributed by atoms with E-state index in [2.05, 4.69) is 0 Å². The molecule has 0 spiro atoms. The van der Waals surface area contributed by atoms with Crippen LogP contribution in [0.5, 0.6) is 5.75 Å². The summed E-state index contributed by atoms with van der Waals surface area (Å²) >= 11 is 6.87. The van der Waals surface area contributed by atoms with Crippen molar-refractivity contribution in [3.8, 4) is 11.2 Å². The first kappa shape index (κ1) is 9.24. The van der Waals surface area contributed by atoms with E-state index in [1.165, 1.54) is 0 Å².